The molecule has 2 saturated heterocycles. The molecule has 4 aromatic carbocycles. The summed E-state index contributed by atoms with van der Waals surface area (Å²) in [6, 6.07) is 16.2. The van der Waals surface area contributed by atoms with Gasteiger partial charge in [0, 0.05) is 88.4 Å². The number of halogens is 2. The predicted molar refractivity (Wildman–Crippen MR) is 236 cm³/mol. The van der Waals surface area contributed by atoms with E-state index in [0.29, 0.717) is 95.8 Å². The number of nitro groups is 2. The van der Waals surface area contributed by atoms with Crippen LogP contribution in [0, 0.1) is 34.1 Å². The summed E-state index contributed by atoms with van der Waals surface area (Å²) in [7, 11) is 0. The number of benzene rings is 4. The van der Waals surface area contributed by atoms with Crippen molar-refractivity contribution in [1.82, 2.24) is 19.6 Å². The highest BCUT2D eigenvalue weighted by molar-refractivity contribution is 7.99. The van der Waals surface area contributed by atoms with Crippen LogP contribution in [0.4, 0.5) is 11.4 Å². The monoisotopic (exact) mass is 884 g/mol. The molecule has 0 aliphatic carbocycles. The lowest BCUT2D eigenvalue weighted by atomic mass is 9.93. The lowest BCUT2D eigenvalue weighted by Crippen LogP contribution is -2.49. The average molecular weight is 886 g/mol. The summed E-state index contributed by atoms with van der Waals surface area (Å²) in [5, 5.41) is 27.1. The normalized spacial score (nSPS) is 14.5. The zero-order valence-electron chi connectivity index (χ0n) is 33.9. The summed E-state index contributed by atoms with van der Waals surface area (Å²) in [4.78, 5) is 82.3. The summed E-state index contributed by atoms with van der Waals surface area (Å²) >= 11 is 13.9. The Morgan fingerprint density at radius 3 is 1.25 bits per heavy atom. The Balaban J connectivity index is 1.45. The molecule has 0 atom stereocenters. The molecule has 0 N–H and O–H groups in total. The Labute approximate surface area is 366 Å². The molecule has 14 nitrogen and oxygen atoms in total. The van der Waals surface area contributed by atoms with Crippen LogP contribution < -0.4 is 0 Å². The minimum absolute atomic E-state index is 0.0758. The summed E-state index contributed by atoms with van der Waals surface area (Å²) < 4.78 is 0. The van der Waals surface area contributed by atoms with Crippen molar-refractivity contribution in [2.75, 3.05) is 52.4 Å². The van der Waals surface area contributed by atoms with Crippen molar-refractivity contribution in [2.45, 2.75) is 37.5 Å². The zero-order chi connectivity index (χ0) is 44.1. The van der Waals surface area contributed by atoms with Gasteiger partial charge in [0.2, 0.25) is 23.6 Å². The van der Waals surface area contributed by atoms with Crippen molar-refractivity contribution in [1.29, 1.82) is 0 Å². The predicted octanol–water partition coefficient (Wildman–Crippen LogP) is 8.32. The van der Waals surface area contributed by atoms with Gasteiger partial charge in [-0.2, -0.15) is 0 Å². The van der Waals surface area contributed by atoms with Crippen molar-refractivity contribution >= 4 is 82.1 Å². The summed E-state index contributed by atoms with van der Waals surface area (Å²) in [6.07, 6.45) is 5.69. The van der Waals surface area contributed by atoms with Crippen LogP contribution in [-0.4, -0.2) is 105 Å². The average Bonchev–Trinajstić information content (AvgIpc) is 3.24. The van der Waals surface area contributed by atoms with E-state index < -0.39 is 9.85 Å². The van der Waals surface area contributed by atoms with E-state index in [1.54, 1.807) is 82.0 Å². The van der Waals surface area contributed by atoms with E-state index in [-0.39, 0.29) is 55.9 Å². The van der Waals surface area contributed by atoms with Crippen molar-refractivity contribution in [3.8, 4) is 22.3 Å². The lowest BCUT2D eigenvalue weighted by molar-refractivity contribution is -0.387. The molecule has 2 aliphatic rings. The van der Waals surface area contributed by atoms with E-state index in [4.69, 9.17) is 23.2 Å². The fraction of sp³-hybridized carbons (Fsp3) is 0.273. The Morgan fingerprint density at radius 2 is 0.918 bits per heavy atom. The van der Waals surface area contributed by atoms with Gasteiger partial charge in [-0.25, -0.2) is 0 Å². The third kappa shape index (κ3) is 9.80. The topological polar surface area (TPSA) is 168 Å². The number of carbonyl (C=O) groups excluding carboxylic acids is 4. The summed E-state index contributed by atoms with van der Waals surface area (Å²) in [6.45, 7) is 9.28. The second kappa shape index (κ2) is 19.1. The van der Waals surface area contributed by atoms with Crippen molar-refractivity contribution in [2.24, 2.45) is 0 Å². The lowest BCUT2D eigenvalue weighted by Gasteiger charge is -2.33. The highest BCUT2D eigenvalue weighted by atomic mass is 35.5. The van der Waals surface area contributed by atoms with Crippen LogP contribution in [0.15, 0.2) is 82.6 Å². The first-order valence-electron chi connectivity index (χ1n) is 19.3. The maximum atomic E-state index is 13.3. The number of nitro benzene ring substituents is 2. The van der Waals surface area contributed by atoms with Gasteiger partial charge in [-0.3, -0.25) is 39.4 Å². The quantitative estimate of drug-likeness (QED) is 0.0864. The van der Waals surface area contributed by atoms with E-state index in [1.807, 2.05) is 0 Å². The van der Waals surface area contributed by atoms with Crippen LogP contribution in [0.25, 0.3) is 34.4 Å². The van der Waals surface area contributed by atoms with E-state index in [0.717, 1.165) is 11.8 Å². The molecule has 4 amide bonds. The largest absolute Gasteiger partial charge is 0.339 e. The molecule has 17 heteroatoms. The van der Waals surface area contributed by atoms with Crippen LogP contribution in [0.5, 0.6) is 0 Å². The van der Waals surface area contributed by atoms with E-state index in [1.165, 1.54) is 50.3 Å². The number of rotatable bonds is 10. The number of piperazine rings is 2. The van der Waals surface area contributed by atoms with Crippen molar-refractivity contribution in [3.05, 3.63) is 125 Å². The Bertz CT molecular complexity index is 2340. The molecule has 316 valence electrons. The Kier molecular flexibility index (Phi) is 14.0. The van der Waals surface area contributed by atoms with Crippen LogP contribution in [0.1, 0.15) is 36.1 Å². The van der Waals surface area contributed by atoms with Gasteiger partial charge in [0.15, 0.2) is 0 Å². The third-order valence-electron chi connectivity index (χ3n) is 10.9. The molecule has 61 heavy (non-hydrogen) atoms. The highest BCUT2D eigenvalue weighted by Gasteiger charge is 2.31. The van der Waals surface area contributed by atoms with Crippen LogP contribution >= 0.6 is 35.0 Å². The van der Waals surface area contributed by atoms with Gasteiger partial charge in [0.25, 0.3) is 11.4 Å². The maximum absolute atomic E-state index is 13.3. The van der Waals surface area contributed by atoms with Crippen molar-refractivity contribution in [3.63, 3.8) is 0 Å². The second-order valence-corrected chi connectivity index (χ2v) is 16.4. The van der Waals surface area contributed by atoms with Gasteiger partial charge in [0.05, 0.1) is 30.8 Å². The molecule has 0 spiro atoms. The molecular weight excluding hydrogens is 843 g/mol. The van der Waals surface area contributed by atoms with Gasteiger partial charge >= 0.3 is 0 Å². The minimum atomic E-state index is -0.551. The van der Waals surface area contributed by atoms with Crippen LogP contribution in [0.2, 0.25) is 10.0 Å². The molecule has 0 unspecified atom stereocenters. The van der Waals surface area contributed by atoms with Crippen molar-refractivity contribution < 1.29 is 29.0 Å². The molecule has 2 fully saturated rings. The standard InChI is InChI=1S/C44H42Cl2N6O8S/c1-27-33(7-5-9-35(27)45)41-31(13-17-39(55)49-23-19-47(20-24-49)29(3)53)11-15-37(43(41)51(57)58)61-38-16-12-32(14-18-40(56)50-25-21-48(22-26-50)30(4)54)42(44(38)52(59)60)34-8-6-10-36(46)28(34)2/h5-18H,19-26H2,1-4H3. The molecule has 4 aromatic rings. The first-order valence-corrected chi connectivity index (χ1v) is 20.9. The number of nitrogens with zero attached hydrogens (tertiary/aromatic N) is 6. The fourth-order valence-electron chi connectivity index (χ4n) is 7.44. The summed E-state index contributed by atoms with van der Waals surface area (Å²) in [5.41, 5.74) is 2.27. The molecule has 0 radical (unpaired) electrons. The maximum Gasteiger partial charge on any atom is 0.291 e. The van der Waals surface area contributed by atoms with Crippen LogP contribution in [-0.2, 0) is 19.2 Å². The van der Waals surface area contributed by atoms with E-state index in [2.05, 4.69) is 0 Å². The molecule has 0 bridgehead atoms. The first-order chi connectivity index (χ1) is 29.1. The number of carbonyl (C=O) groups is 4. The Hall–Kier alpha value is -6.03. The highest BCUT2D eigenvalue weighted by Crippen LogP contribution is 2.50. The van der Waals surface area contributed by atoms with Crippen LogP contribution in [0.3, 0.4) is 0 Å². The number of hydrogen-bond donors (Lipinski definition) is 0. The van der Waals surface area contributed by atoms with Gasteiger partial charge in [-0.05, 0) is 83.6 Å². The minimum Gasteiger partial charge on any atom is -0.339 e. The van der Waals surface area contributed by atoms with Gasteiger partial charge in [-0.1, -0.05) is 71.4 Å². The second-order valence-electron chi connectivity index (χ2n) is 14.5. The molecule has 0 aromatic heterocycles. The van der Waals surface area contributed by atoms with Gasteiger partial charge in [0.1, 0.15) is 0 Å². The molecular formula is C44H42Cl2N6O8S. The zero-order valence-corrected chi connectivity index (χ0v) is 36.2. The number of amides is 4. The molecule has 2 aliphatic heterocycles. The molecule has 2 heterocycles. The van der Waals surface area contributed by atoms with E-state index >= 15 is 0 Å². The van der Waals surface area contributed by atoms with Gasteiger partial charge in [-0.15, -0.1) is 0 Å². The molecule has 6 rings (SSSR count). The smallest absolute Gasteiger partial charge is 0.291 e. The first kappa shape index (κ1) is 44.5. The summed E-state index contributed by atoms with van der Waals surface area (Å²) in [5.74, 6) is -0.811. The van der Waals surface area contributed by atoms with Gasteiger partial charge < -0.3 is 19.6 Å². The fourth-order valence-corrected chi connectivity index (χ4v) is 8.84. The SMILES string of the molecule is CC(=O)N1CCN(C(=O)C=Cc2ccc(Sc3ccc(C=CC(=O)N4CCN(C(C)=O)CC4)c(-c4cccc(Cl)c4C)c3[N+](=O)[O-])c([N+](=O)[O-])c2-c2cccc(Cl)c2C)CC1. The van der Waals surface area contributed by atoms with E-state index in [9.17, 15) is 39.4 Å². The Morgan fingerprint density at radius 1 is 0.574 bits per heavy atom. The third-order valence-corrected chi connectivity index (χ3v) is 12.8. The number of hydrogen-bond acceptors (Lipinski definition) is 9. The molecule has 0 saturated carbocycles.